The molecule has 1 atom stereocenters. The molecule has 0 spiro atoms. The Labute approximate surface area is 131 Å². The fourth-order valence-electron chi connectivity index (χ4n) is 2.06. The predicted molar refractivity (Wildman–Crippen MR) is 86.7 cm³/mol. The molecule has 0 aliphatic carbocycles. The van der Waals surface area contributed by atoms with E-state index in [0.29, 0.717) is 24.7 Å². The number of benzene rings is 1. The fraction of sp³-hybridized carbons (Fsp3) is 0.438. The van der Waals surface area contributed by atoms with Gasteiger partial charge in [0.05, 0.1) is 12.6 Å². The molecule has 0 saturated carbocycles. The molecular formula is C16H23N5O. The van der Waals surface area contributed by atoms with Gasteiger partial charge in [-0.15, -0.1) is 0 Å². The minimum atomic E-state index is 0.185. The maximum atomic E-state index is 5.09. The third kappa shape index (κ3) is 4.87. The van der Waals surface area contributed by atoms with Gasteiger partial charge < -0.3 is 15.2 Å². The van der Waals surface area contributed by atoms with Crippen LogP contribution in [0.5, 0.6) is 0 Å². The van der Waals surface area contributed by atoms with Crippen molar-refractivity contribution >= 4 is 5.96 Å². The molecule has 1 aromatic heterocycles. The molecule has 0 radical (unpaired) electrons. The molecule has 0 fully saturated rings. The second-order valence-corrected chi connectivity index (χ2v) is 5.02. The summed E-state index contributed by atoms with van der Waals surface area (Å²) in [5.41, 5.74) is 1.22. The highest BCUT2D eigenvalue weighted by atomic mass is 16.5. The molecular weight excluding hydrogens is 278 g/mol. The normalized spacial score (nSPS) is 13.0. The van der Waals surface area contributed by atoms with Gasteiger partial charge in [0.1, 0.15) is 0 Å². The minimum Gasteiger partial charge on any atom is -0.357 e. The van der Waals surface area contributed by atoms with Crippen LogP contribution >= 0.6 is 0 Å². The largest absolute Gasteiger partial charge is 0.357 e. The van der Waals surface area contributed by atoms with Crippen molar-refractivity contribution in [1.29, 1.82) is 0 Å². The Morgan fingerprint density at radius 2 is 2.09 bits per heavy atom. The van der Waals surface area contributed by atoms with Crippen LogP contribution in [0.25, 0.3) is 0 Å². The SMILES string of the molecule is CCNC(=NCCc1nc(C)no1)NC(C)c1ccccc1. The maximum Gasteiger partial charge on any atom is 0.228 e. The van der Waals surface area contributed by atoms with Crippen LogP contribution in [0.1, 0.15) is 37.2 Å². The van der Waals surface area contributed by atoms with E-state index in [0.717, 1.165) is 12.5 Å². The zero-order valence-electron chi connectivity index (χ0n) is 13.3. The second-order valence-electron chi connectivity index (χ2n) is 5.02. The lowest BCUT2D eigenvalue weighted by Gasteiger charge is -2.18. The van der Waals surface area contributed by atoms with Crippen molar-refractivity contribution in [2.75, 3.05) is 13.1 Å². The maximum absolute atomic E-state index is 5.09. The van der Waals surface area contributed by atoms with Gasteiger partial charge in [0.25, 0.3) is 0 Å². The molecule has 1 aromatic carbocycles. The second kappa shape index (κ2) is 8.17. The Balaban J connectivity index is 1.92. The topological polar surface area (TPSA) is 75.3 Å². The molecule has 0 aliphatic heterocycles. The van der Waals surface area contributed by atoms with E-state index in [2.05, 4.69) is 44.8 Å². The highest BCUT2D eigenvalue weighted by molar-refractivity contribution is 5.80. The van der Waals surface area contributed by atoms with Gasteiger partial charge in [0.15, 0.2) is 11.8 Å². The Bertz CT molecular complexity index is 594. The molecule has 22 heavy (non-hydrogen) atoms. The fourth-order valence-corrected chi connectivity index (χ4v) is 2.06. The first kappa shape index (κ1) is 16.0. The van der Waals surface area contributed by atoms with Gasteiger partial charge >= 0.3 is 0 Å². The first-order chi connectivity index (χ1) is 10.7. The zero-order valence-corrected chi connectivity index (χ0v) is 13.3. The Kier molecular flexibility index (Phi) is 5.94. The Morgan fingerprint density at radius 3 is 2.73 bits per heavy atom. The van der Waals surface area contributed by atoms with Crippen molar-refractivity contribution in [3.05, 3.63) is 47.6 Å². The van der Waals surface area contributed by atoms with E-state index in [9.17, 15) is 0 Å². The van der Waals surface area contributed by atoms with E-state index >= 15 is 0 Å². The molecule has 118 valence electrons. The van der Waals surface area contributed by atoms with Crippen LogP contribution in [0.2, 0.25) is 0 Å². The van der Waals surface area contributed by atoms with Gasteiger partial charge in [0.2, 0.25) is 5.89 Å². The average molecular weight is 301 g/mol. The highest BCUT2D eigenvalue weighted by Crippen LogP contribution is 2.10. The minimum absolute atomic E-state index is 0.185. The highest BCUT2D eigenvalue weighted by Gasteiger charge is 2.07. The molecule has 6 heteroatoms. The molecule has 2 rings (SSSR count). The summed E-state index contributed by atoms with van der Waals surface area (Å²) < 4.78 is 5.09. The van der Waals surface area contributed by atoms with Gasteiger partial charge in [-0.1, -0.05) is 35.5 Å². The molecule has 0 amide bonds. The lowest BCUT2D eigenvalue weighted by atomic mass is 10.1. The number of hydrogen-bond acceptors (Lipinski definition) is 4. The monoisotopic (exact) mass is 301 g/mol. The molecule has 2 aromatic rings. The summed E-state index contributed by atoms with van der Waals surface area (Å²) in [6.07, 6.45) is 0.636. The van der Waals surface area contributed by atoms with E-state index in [1.165, 1.54) is 5.56 Å². The molecule has 2 N–H and O–H groups in total. The van der Waals surface area contributed by atoms with Crippen molar-refractivity contribution in [2.45, 2.75) is 33.2 Å². The average Bonchev–Trinajstić information content (AvgIpc) is 2.94. The number of aryl methyl sites for hydroxylation is 1. The van der Waals surface area contributed by atoms with E-state index < -0.39 is 0 Å². The van der Waals surface area contributed by atoms with Gasteiger partial charge in [-0.25, -0.2) is 0 Å². The first-order valence-corrected chi connectivity index (χ1v) is 7.58. The van der Waals surface area contributed by atoms with Crippen molar-refractivity contribution in [3.63, 3.8) is 0 Å². The van der Waals surface area contributed by atoms with Crippen LogP contribution < -0.4 is 10.6 Å². The van der Waals surface area contributed by atoms with Crippen LogP contribution in [0.4, 0.5) is 0 Å². The summed E-state index contributed by atoms with van der Waals surface area (Å²) >= 11 is 0. The van der Waals surface area contributed by atoms with Crippen LogP contribution in [0.3, 0.4) is 0 Å². The van der Waals surface area contributed by atoms with E-state index in [4.69, 9.17) is 4.52 Å². The molecule has 0 bridgehead atoms. The number of aromatic nitrogens is 2. The summed E-state index contributed by atoms with van der Waals surface area (Å²) in [6, 6.07) is 10.5. The Morgan fingerprint density at radius 1 is 1.32 bits per heavy atom. The van der Waals surface area contributed by atoms with Gasteiger partial charge in [0, 0.05) is 13.0 Å². The lowest BCUT2D eigenvalue weighted by Crippen LogP contribution is -2.38. The first-order valence-electron chi connectivity index (χ1n) is 7.58. The number of nitrogens with zero attached hydrogens (tertiary/aromatic N) is 3. The lowest BCUT2D eigenvalue weighted by molar-refractivity contribution is 0.376. The van der Waals surface area contributed by atoms with Crippen molar-refractivity contribution < 1.29 is 4.52 Å². The van der Waals surface area contributed by atoms with Crippen molar-refractivity contribution in [2.24, 2.45) is 4.99 Å². The van der Waals surface area contributed by atoms with Crippen LogP contribution in [-0.2, 0) is 6.42 Å². The number of guanidine groups is 1. The summed E-state index contributed by atoms with van der Waals surface area (Å²) in [6.45, 7) is 7.38. The summed E-state index contributed by atoms with van der Waals surface area (Å²) in [5, 5.41) is 10.4. The summed E-state index contributed by atoms with van der Waals surface area (Å²) in [5.74, 6) is 2.06. The zero-order chi connectivity index (χ0) is 15.8. The van der Waals surface area contributed by atoms with E-state index in [1.54, 1.807) is 0 Å². The van der Waals surface area contributed by atoms with Gasteiger partial charge in [-0.2, -0.15) is 4.98 Å². The number of rotatable bonds is 6. The quantitative estimate of drug-likeness (QED) is 0.632. The molecule has 1 heterocycles. The smallest absolute Gasteiger partial charge is 0.228 e. The molecule has 1 unspecified atom stereocenters. The van der Waals surface area contributed by atoms with Crippen LogP contribution in [0.15, 0.2) is 39.8 Å². The van der Waals surface area contributed by atoms with Gasteiger partial charge in [-0.3, -0.25) is 4.99 Å². The van der Waals surface area contributed by atoms with Crippen molar-refractivity contribution in [3.8, 4) is 0 Å². The number of aliphatic imine (C=N–C) groups is 1. The van der Waals surface area contributed by atoms with E-state index in [-0.39, 0.29) is 6.04 Å². The predicted octanol–water partition coefficient (Wildman–Crippen LogP) is 2.24. The van der Waals surface area contributed by atoms with Crippen LogP contribution in [-0.4, -0.2) is 29.2 Å². The van der Waals surface area contributed by atoms with Gasteiger partial charge in [-0.05, 0) is 26.3 Å². The summed E-state index contributed by atoms with van der Waals surface area (Å²) in [7, 11) is 0. The number of nitrogens with one attached hydrogen (secondary N) is 2. The van der Waals surface area contributed by atoms with Crippen molar-refractivity contribution in [1.82, 2.24) is 20.8 Å². The third-order valence-electron chi connectivity index (χ3n) is 3.16. The molecule has 0 aliphatic rings. The standard InChI is InChI=1S/C16H23N5O/c1-4-17-16(18-11-10-15-20-13(3)21-22-15)19-12(2)14-8-6-5-7-9-14/h5-9,12H,4,10-11H2,1-3H3,(H2,17,18,19). The van der Waals surface area contributed by atoms with E-state index in [1.807, 2.05) is 32.0 Å². The number of hydrogen-bond donors (Lipinski definition) is 2. The third-order valence-corrected chi connectivity index (χ3v) is 3.16. The molecule has 6 nitrogen and oxygen atoms in total. The molecule has 0 saturated heterocycles. The summed E-state index contributed by atoms with van der Waals surface area (Å²) in [4.78, 5) is 8.72. The Hall–Kier alpha value is -2.37. The van der Waals surface area contributed by atoms with Crippen LogP contribution in [0, 0.1) is 6.92 Å².